The maximum Gasteiger partial charge on any atom is 0.263 e. The molecule has 3 aromatic rings. The number of rotatable bonds is 3. The minimum absolute atomic E-state index is 0.129. The lowest BCUT2D eigenvalue weighted by molar-refractivity contribution is -0.117. The molecule has 0 bridgehead atoms. The van der Waals surface area contributed by atoms with Gasteiger partial charge in [-0.15, -0.1) is 0 Å². The molecule has 1 aliphatic rings. The molecule has 4 rings (SSSR count). The average molecular weight is 435 g/mol. The molecule has 1 aliphatic heterocycles. The van der Waals surface area contributed by atoms with Gasteiger partial charge in [-0.3, -0.25) is 14.6 Å². The molecule has 1 fully saturated rings. The lowest BCUT2D eigenvalue weighted by Crippen LogP contribution is -2.34. The summed E-state index contributed by atoms with van der Waals surface area (Å²) in [5, 5.41) is 8.58. The molecule has 0 radical (unpaired) electrons. The predicted octanol–water partition coefficient (Wildman–Crippen LogP) is 3.40. The molecule has 152 valence electrons. The van der Waals surface area contributed by atoms with Crippen LogP contribution in [0.15, 0.2) is 29.2 Å². The van der Waals surface area contributed by atoms with Crippen molar-refractivity contribution in [2.45, 2.75) is 38.8 Å². The highest BCUT2D eigenvalue weighted by Crippen LogP contribution is 2.30. The van der Waals surface area contributed by atoms with E-state index in [0.717, 1.165) is 0 Å². The normalized spacial score (nSPS) is 17.3. The number of benzene rings is 1. The number of H-pyrrole nitrogens is 1. The Morgan fingerprint density at radius 3 is 2.66 bits per heavy atom. The maximum atomic E-state index is 12.9. The zero-order valence-electron chi connectivity index (χ0n) is 16.2. The number of fused-ring (bicyclic) bond motifs is 1. The molecular formula is C19H20Cl2N6O2. The summed E-state index contributed by atoms with van der Waals surface area (Å²) in [6.07, 6.45) is 2.06. The summed E-state index contributed by atoms with van der Waals surface area (Å²) in [5.74, 6) is 0.110. The molecule has 1 atom stereocenters. The highest BCUT2D eigenvalue weighted by atomic mass is 35.5. The number of carbonyl (C=O) groups excluding carboxylic acids is 1. The van der Waals surface area contributed by atoms with Crippen molar-refractivity contribution >= 4 is 51.8 Å². The Bertz CT molecular complexity index is 1160. The molecule has 0 spiro atoms. The van der Waals surface area contributed by atoms with Crippen molar-refractivity contribution in [1.82, 2.24) is 19.7 Å². The minimum Gasteiger partial charge on any atom is -0.344 e. The Morgan fingerprint density at radius 2 is 1.97 bits per heavy atom. The number of carbonyl (C=O) groups is 1. The van der Waals surface area contributed by atoms with Crippen molar-refractivity contribution in [3.8, 4) is 0 Å². The molecule has 3 heterocycles. The second kappa shape index (κ2) is 7.03. The summed E-state index contributed by atoms with van der Waals surface area (Å²) in [5.41, 5.74) is 0.500. The zero-order chi connectivity index (χ0) is 20.9. The van der Waals surface area contributed by atoms with E-state index in [1.54, 1.807) is 27.8 Å². The third-order valence-corrected chi connectivity index (χ3v) is 5.54. The van der Waals surface area contributed by atoms with Gasteiger partial charge in [0, 0.05) is 12.2 Å². The van der Waals surface area contributed by atoms with Crippen molar-refractivity contribution < 1.29 is 4.79 Å². The van der Waals surface area contributed by atoms with Crippen molar-refractivity contribution in [3.05, 3.63) is 44.8 Å². The monoisotopic (exact) mass is 434 g/mol. The first kappa shape index (κ1) is 19.7. The second-order valence-corrected chi connectivity index (χ2v) is 8.77. The Kier molecular flexibility index (Phi) is 4.78. The number of amides is 1. The molecule has 29 heavy (non-hydrogen) atoms. The van der Waals surface area contributed by atoms with Gasteiger partial charge in [0.05, 0.1) is 21.8 Å². The van der Waals surface area contributed by atoms with Crippen LogP contribution in [-0.2, 0) is 10.3 Å². The summed E-state index contributed by atoms with van der Waals surface area (Å²) in [6, 6.07) is 4.56. The first-order valence-electron chi connectivity index (χ1n) is 9.16. The Morgan fingerprint density at radius 1 is 1.21 bits per heavy atom. The Hall–Kier alpha value is -2.58. The van der Waals surface area contributed by atoms with Crippen LogP contribution in [0.1, 0.15) is 27.2 Å². The number of halogens is 2. The van der Waals surface area contributed by atoms with Crippen molar-refractivity contribution in [2.24, 2.45) is 0 Å². The third-order valence-electron chi connectivity index (χ3n) is 4.80. The highest BCUT2D eigenvalue weighted by molar-refractivity contribution is 6.42. The number of hydrogen-bond donors (Lipinski definition) is 2. The topological polar surface area (TPSA) is 95.9 Å². The van der Waals surface area contributed by atoms with E-state index in [1.165, 1.54) is 6.20 Å². The van der Waals surface area contributed by atoms with Crippen LogP contribution in [-0.4, -0.2) is 38.2 Å². The summed E-state index contributed by atoms with van der Waals surface area (Å²) in [6.45, 7) is 6.45. The van der Waals surface area contributed by atoms with E-state index in [2.05, 4.69) is 20.4 Å². The first-order chi connectivity index (χ1) is 13.6. The standard InChI is InChI=1S/C19H20Cl2N6O2/c1-19(2,3)27-15-11(9-22-27)16(28)25-18(24-15)23-14-6-7-26(17(14)29)10-4-5-12(20)13(21)8-10/h4-5,8-9,14H,6-7H2,1-3H3,(H2,23,24,25,28). The molecule has 1 amide bonds. The van der Waals surface area contributed by atoms with Crippen molar-refractivity contribution in [3.63, 3.8) is 0 Å². The predicted molar refractivity (Wildman–Crippen MR) is 114 cm³/mol. The largest absolute Gasteiger partial charge is 0.344 e. The average Bonchev–Trinajstić information content (AvgIpc) is 3.22. The van der Waals surface area contributed by atoms with Crippen LogP contribution in [0, 0.1) is 0 Å². The van der Waals surface area contributed by atoms with Crippen LogP contribution >= 0.6 is 23.2 Å². The molecule has 1 aromatic carbocycles. The summed E-state index contributed by atoms with van der Waals surface area (Å²) in [7, 11) is 0. The number of aromatic nitrogens is 4. The third kappa shape index (κ3) is 3.58. The van der Waals surface area contributed by atoms with Gasteiger partial charge >= 0.3 is 0 Å². The van der Waals surface area contributed by atoms with Crippen LogP contribution in [0.4, 0.5) is 11.6 Å². The summed E-state index contributed by atoms with van der Waals surface area (Å²) in [4.78, 5) is 34.2. The van der Waals surface area contributed by atoms with E-state index >= 15 is 0 Å². The van der Waals surface area contributed by atoms with Crippen LogP contribution in [0.3, 0.4) is 0 Å². The van der Waals surface area contributed by atoms with Gasteiger partial charge < -0.3 is 10.2 Å². The van der Waals surface area contributed by atoms with Crippen LogP contribution in [0.5, 0.6) is 0 Å². The van der Waals surface area contributed by atoms with Gasteiger partial charge in [0.2, 0.25) is 11.9 Å². The number of anilines is 2. The maximum absolute atomic E-state index is 12.9. The molecule has 1 saturated heterocycles. The van der Waals surface area contributed by atoms with Gasteiger partial charge in [-0.25, -0.2) is 4.68 Å². The lowest BCUT2D eigenvalue weighted by atomic mass is 10.1. The summed E-state index contributed by atoms with van der Waals surface area (Å²) < 4.78 is 1.70. The van der Waals surface area contributed by atoms with Crippen molar-refractivity contribution in [2.75, 3.05) is 16.8 Å². The summed E-state index contributed by atoms with van der Waals surface area (Å²) >= 11 is 12.0. The molecule has 0 aliphatic carbocycles. The van der Waals surface area contributed by atoms with Gasteiger partial charge in [0.15, 0.2) is 5.65 Å². The zero-order valence-corrected chi connectivity index (χ0v) is 17.7. The van der Waals surface area contributed by atoms with Crippen LogP contribution < -0.4 is 15.8 Å². The first-order valence-corrected chi connectivity index (χ1v) is 9.92. The van der Waals surface area contributed by atoms with E-state index in [0.29, 0.717) is 39.7 Å². The fraction of sp³-hybridized carbons (Fsp3) is 0.368. The molecule has 2 aromatic heterocycles. The van der Waals surface area contributed by atoms with E-state index in [4.69, 9.17) is 23.2 Å². The SMILES string of the molecule is CC(C)(C)n1ncc2c(=O)[nH]c(NC3CCN(c4ccc(Cl)c(Cl)c4)C3=O)nc21. The van der Waals surface area contributed by atoms with Gasteiger partial charge in [-0.2, -0.15) is 10.1 Å². The number of nitrogens with zero attached hydrogens (tertiary/aromatic N) is 4. The molecule has 10 heteroatoms. The van der Waals surface area contributed by atoms with Gasteiger partial charge in [-0.1, -0.05) is 23.2 Å². The molecule has 0 saturated carbocycles. The molecule has 8 nitrogen and oxygen atoms in total. The Balaban J connectivity index is 1.61. The number of hydrogen-bond acceptors (Lipinski definition) is 5. The quantitative estimate of drug-likeness (QED) is 0.658. The fourth-order valence-electron chi connectivity index (χ4n) is 3.37. The van der Waals surface area contributed by atoms with Crippen molar-refractivity contribution in [1.29, 1.82) is 0 Å². The number of aromatic amines is 1. The van der Waals surface area contributed by atoms with Gasteiger partial charge in [-0.05, 0) is 45.4 Å². The van der Waals surface area contributed by atoms with E-state index in [1.807, 2.05) is 20.8 Å². The fourth-order valence-corrected chi connectivity index (χ4v) is 3.66. The highest BCUT2D eigenvalue weighted by Gasteiger charge is 2.33. The molecule has 2 N–H and O–H groups in total. The van der Waals surface area contributed by atoms with Crippen LogP contribution in [0.25, 0.3) is 11.0 Å². The Labute approximate surface area is 176 Å². The second-order valence-electron chi connectivity index (χ2n) is 7.95. The lowest BCUT2D eigenvalue weighted by Gasteiger charge is -2.20. The smallest absolute Gasteiger partial charge is 0.263 e. The molecular weight excluding hydrogens is 415 g/mol. The minimum atomic E-state index is -0.518. The number of nitrogens with one attached hydrogen (secondary N) is 2. The van der Waals surface area contributed by atoms with E-state index in [-0.39, 0.29) is 23.0 Å². The van der Waals surface area contributed by atoms with E-state index < -0.39 is 6.04 Å². The van der Waals surface area contributed by atoms with Gasteiger partial charge in [0.1, 0.15) is 11.4 Å². The van der Waals surface area contributed by atoms with Gasteiger partial charge in [0.25, 0.3) is 5.56 Å². The van der Waals surface area contributed by atoms with Crippen LogP contribution in [0.2, 0.25) is 10.0 Å². The van der Waals surface area contributed by atoms with E-state index in [9.17, 15) is 9.59 Å². The molecule has 1 unspecified atom stereocenters.